The van der Waals surface area contributed by atoms with Crippen LogP contribution >= 0.6 is 11.6 Å². The van der Waals surface area contributed by atoms with E-state index in [9.17, 15) is 8.42 Å². The van der Waals surface area contributed by atoms with Gasteiger partial charge < -0.3 is 10.6 Å². The number of rotatable bonds is 6. The number of nitrogens with zero attached hydrogens (tertiary/aromatic N) is 1. The van der Waals surface area contributed by atoms with Gasteiger partial charge in [-0.2, -0.15) is 0 Å². The zero-order chi connectivity index (χ0) is 21.1. The Balaban J connectivity index is 1.67. The van der Waals surface area contributed by atoms with E-state index in [2.05, 4.69) is 21.7 Å². The van der Waals surface area contributed by atoms with E-state index in [0.717, 1.165) is 42.2 Å². The Bertz CT molecular complexity index is 951. The zero-order valence-corrected chi connectivity index (χ0v) is 19.0. The summed E-state index contributed by atoms with van der Waals surface area (Å²) in [7, 11) is -3.18. The highest BCUT2D eigenvalue weighted by Crippen LogP contribution is 2.31. The number of fused-ring (bicyclic) bond motifs is 1. The molecule has 3 rings (SSSR count). The molecule has 0 fully saturated rings. The second kappa shape index (κ2) is 9.02. The lowest BCUT2D eigenvalue weighted by molar-refractivity contribution is 0.461. The van der Waals surface area contributed by atoms with Crippen LogP contribution in [0.25, 0.3) is 0 Å². The first-order chi connectivity index (χ1) is 13.6. The molecule has 1 aliphatic rings. The zero-order valence-electron chi connectivity index (χ0n) is 17.4. The van der Waals surface area contributed by atoms with Crippen molar-refractivity contribution in [2.24, 2.45) is 5.41 Å². The molecule has 0 amide bonds. The van der Waals surface area contributed by atoms with Crippen LogP contribution in [0.3, 0.4) is 0 Å². The normalized spacial score (nSPS) is 14.9. The van der Waals surface area contributed by atoms with Crippen molar-refractivity contribution in [3.05, 3.63) is 57.9 Å². The number of anilines is 1. The monoisotopic (exact) mass is 435 g/mol. The van der Waals surface area contributed by atoms with Gasteiger partial charge in [0.15, 0.2) is 9.84 Å². The lowest BCUT2D eigenvalue weighted by atomic mass is 10.0. The van der Waals surface area contributed by atoms with E-state index in [1.165, 1.54) is 11.1 Å². The van der Waals surface area contributed by atoms with Crippen LogP contribution in [0.1, 0.15) is 43.2 Å². The molecule has 2 N–H and O–H groups in total. The van der Waals surface area contributed by atoms with Gasteiger partial charge in [-0.05, 0) is 60.2 Å². The third-order valence-electron chi connectivity index (χ3n) is 4.86. The van der Waals surface area contributed by atoms with Gasteiger partial charge in [0, 0.05) is 12.7 Å². The third-order valence-corrected chi connectivity index (χ3v) is 7.21. The molecule has 29 heavy (non-hydrogen) atoms. The highest BCUT2D eigenvalue weighted by atomic mass is 35.5. The van der Waals surface area contributed by atoms with Crippen molar-refractivity contribution in [2.75, 3.05) is 24.2 Å². The highest BCUT2D eigenvalue weighted by molar-refractivity contribution is 7.90. The van der Waals surface area contributed by atoms with Gasteiger partial charge in [-0.3, -0.25) is 4.98 Å². The van der Waals surface area contributed by atoms with Crippen LogP contribution in [0.4, 0.5) is 5.69 Å². The van der Waals surface area contributed by atoms with E-state index < -0.39 is 9.84 Å². The number of aromatic nitrogens is 1. The van der Waals surface area contributed by atoms with Crippen LogP contribution in [0, 0.1) is 5.41 Å². The second-order valence-corrected chi connectivity index (χ2v) is 11.4. The fourth-order valence-electron chi connectivity index (χ4n) is 3.71. The van der Waals surface area contributed by atoms with Crippen molar-refractivity contribution >= 4 is 27.1 Å². The molecule has 5 nitrogen and oxygen atoms in total. The van der Waals surface area contributed by atoms with Gasteiger partial charge in [0.25, 0.3) is 0 Å². The predicted molar refractivity (Wildman–Crippen MR) is 120 cm³/mol. The molecule has 1 aromatic heterocycles. The number of hydrogen-bond donors (Lipinski definition) is 2. The van der Waals surface area contributed by atoms with Crippen LogP contribution in [0.5, 0.6) is 0 Å². The topological polar surface area (TPSA) is 71.1 Å². The molecule has 0 saturated heterocycles. The van der Waals surface area contributed by atoms with Gasteiger partial charge in [0.1, 0.15) is 0 Å². The molecule has 0 radical (unpaired) electrons. The first-order valence-corrected chi connectivity index (χ1v) is 12.2. The summed E-state index contributed by atoms with van der Waals surface area (Å²) >= 11 is 6.47. The van der Waals surface area contributed by atoms with Crippen LogP contribution in [-0.2, 0) is 35.0 Å². The first-order valence-electron chi connectivity index (χ1n) is 10.0. The van der Waals surface area contributed by atoms with Gasteiger partial charge >= 0.3 is 0 Å². The number of hydrogen-bond acceptors (Lipinski definition) is 5. The molecular formula is C22H30ClN3O2S. The third kappa shape index (κ3) is 6.43. The molecule has 2 aromatic rings. The van der Waals surface area contributed by atoms with E-state index in [1.807, 2.05) is 32.9 Å². The van der Waals surface area contributed by atoms with Gasteiger partial charge in [-0.15, -0.1) is 0 Å². The van der Waals surface area contributed by atoms with Crippen LogP contribution in [0.15, 0.2) is 30.5 Å². The van der Waals surface area contributed by atoms with E-state index >= 15 is 0 Å². The van der Waals surface area contributed by atoms with Crippen LogP contribution < -0.4 is 10.6 Å². The Kier molecular flexibility index (Phi) is 6.87. The number of nitrogens with one attached hydrogen (secondary N) is 2. The number of benzene rings is 1. The average Bonchev–Trinajstić information content (AvgIpc) is 2.85. The van der Waals surface area contributed by atoms with E-state index in [4.69, 9.17) is 11.6 Å². The van der Waals surface area contributed by atoms with Crippen LogP contribution in [-0.4, -0.2) is 32.2 Å². The van der Waals surface area contributed by atoms with Crippen molar-refractivity contribution in [3.8, 4) is 0 Å². The molecule has 0 saturated carbocycles. The van der Waals surface area contributed by atoms with Crippen molar-refractivity contribution in [3.63, 3.8) is 0 Å². The lowest BCUT2D eigenvalue weighted by Crippen LogP contribution is -2.22. The molecule has 7 heteroatoms. The molecule has 158 valence electrons. The predicted octanol–water partition coefficient (Wildman–Crippen LogP) is 4.00. The fourth-order valence-corrected chi connectivity index (χ4v) is 5.99. The smallest absolute Gasteiger partial charge is 0.156 e. The number of pyridine rings is 1. The summed E-state index contributed by atoms with van der Waals surface area (Å²) < 4.78 is 24.7. The van der Waals surface area contributed by atoms with Crippen molar-refractivity contribution in [2.45, 2.75) is 45.9 Å². The summed E-state index contributed by atoms with van der Waals surface area (Å²) in [5.74, 6) is 0.125. The van der Waals surface area contributed by atoms with Gasteiger partial charge in [-0.25, -0.2) is 8.42 Å². The molecule has 0 bridgehead atoms. The van der Waals surface area contributed by atoms with E-state index in [1.54, 1.807) is 12.3 Å². The minimum absolute atomic E-state index is 0.0248. The molecule has 1 aliphatic heterocycles. The molecule has 0 unspecified atom stereocenters. The average molecular weight is 436 g/mol. The Morgan fingerprint density at radius 2 is 1.90 bits per heavy atom. The molecular weight excluding hydrogens is 406 g/mol. The number of sulfone groups is 1. The van der Waals surface area contributed by atoms with Crippen molar-refractivity contribution in [1.29, 1.82) is 0 Å². The maximum absolute atomic E-state index is 12.3. The Hall–Kier alpha value is -1.63. The summed E-state index contributed by atoms with van der Waals surface area (Å²) in [4.78, 5) is 4.37. The Morgan fingerprint density at radius 1 is 1.14 bits per heavy atom. The summed E-state index contributed by atoms with van der Waals surface area (Å²) in [5.41, 5.74) is 4.91. The largest absolute Gasteiger partial charge is 0.379 e. The Morgan fingerprint density at radius 3 is 2.59 bits per heavy atom. The molecule has 1 aromatic carbocycles. The maximum Gasteiger partial charge on any atom is 0.156 e. The number of halogens is 1. The van der Waals surface area contributed by atoms with Crippen molar-refractivity contribution in [1.82, 2.24) is 10.3 Å². The van der Waals surface area contributed by atoms with Crippen LogP contribution in [0.2, 0.25) is 5.02 Å². The SMILES string of the molecule is CC(C)(C)CS(=O)(=O)Cc1ccc(CNc2c(Cl)ccc3c2CCNCC3)cn1. The van der Waals surface area contributed by atoms with E-state index in [-0.39, 0.29) is 16.9 Å². The summed E-state index contributed by atoms with van der Waals surface area (Å²) in [6.07, 6.45) is 3.69. The lowest BCUT2D eigenvalue weighted by Gasteiger charge is -2.18. The molecule has 0 aliphatic carbocycles. The first kappa shape index (κ1) is 22.1. The fraction of sp³-hybridized carbons (Fsp3) is 0.500. The molecule has 0 atom stereocenters. The highest BCUT2D eigenvalue weighted by Gasteiger charge is 2.22. The van der Waals surface area contributed by atoms with Crippen molar-refractivity contribution < 1.29 is 8.42 Å². The summed E-state index contributed by atoms with van der Waals surface area (Å²) in [5, 5.41) is 7.61. The Labute approximate surface area is 179 Å². The minimum Gasteiger partial charge on any atom is -0.379 e. The van der Waals surface area contributed by atoms with Gasteiger partial charge in [0.2, 0.25) is 0 Å². The quantitative estimate of drug-likeness (QED) is 0.717. The van der Waals surface area contributed by atoms with E-state index in [0.29, 0.717) is 12.2 Å². The standard InChI is InChI=1S/C22H30ClN3O2S/c1-22(2,3)15-29(27,28)14-18-6-4-16(12-25-18)13-26-21-19-9-11-24-10-8-17(19)5-7-20(21)23/h4-7,12,24,26H,8-11,13-15H2,1-3H3. The molecule has 2 heterocycles. The second-order valence-electron chi connectivity index (χ2n) is 8.91. The molecule has 0 spiro atoms. The minimum atomic E-state index is -3.18. The summed E-state index contributed by atoms with van der Waals surface area (Å²) in [6, 6.07) is 7.80. The summed E-state index contributed by atoms with van der Waals surface area (Å²) in [6.45, 7) is 8.30. The van der Waals surface area contributed by atoms with Gasteiger partial charge in [0.05, 0.1) is 27.9 Å². The van der Waals surface area contributed by atoms with Gasteiger partial charge in [-0.1, -0.05) is 44.5 Å². The maximum atomic E-state index is 12.3.